The second-order valence-corrected chi connectivity index (χ2v) is 5.04. The molecule has 2 rings (SSSR count). The van der Waals surface area contributed by atoms with Crippen LogP contribution in [0.3, 0.4) is 0 Å². The summed E-state index contributed by atoms with van der Waals surface area (Å²) in [6, 6.07) is 10.8. The Balaban J connectivity index is 0.00000180. The van der Waals surface area contributed by atoms with Crippen LogP contribution in [0.5, 0.6) is 0 Å². The van der Waals surface area contributed by atoms with Crippen LogP contribution in [0.15, 0.2) is 30.3 Å². The van der Waals surface area contributed by atoms with Crippen molar-refractivity contribution in [2.75, 3.05) is 19.6 Å². The maximum atomic E-state index is 3.65. The van der Waals surface area contributed by atoms with Crippen molar-refractivity contribution in [2.45, 2.75) is 39.0 Å². The lowest BCUT2D eigenvalue weighted by atomic mass is 10.1. The summed E-state index contributed by atoms with van der Waals surface area (Å²) in [4.78, 5) is 0. The number of rotatable bonds is 4. The first-order valence-electron chi connectivity index (χ1n) is 7.33. The van der Waals surface area contributed by atoms with Crippen LogP contribution in [-0.2, 0) is 0 Å². The predicted molar refractivity (Wildman–Crippen MR) is 77.3 cm³/mol. The van der Waals surface area contributed by atoms with E-state index in [9.17, 15) is 0 Å². The van der Waals surface area contributed by atoms with Gasteiger partial charge in [-0.25, -0.2) is 0 Å². The molecule has 1 saturated heterocycles. The maximum Gasteiger partial charge on any atom is 0.277 e. The highest BCUT2D eigenvalue weighted by Crippen LogP contribution is 2.07. The van der Waals surface area contributed by atoms with Crippen molar-refractivity contribution < 1.29 is 21.6 Å². The zero-order valence-electron chi connectivity index (χ0n) is 11.9. The lowest BCUT2D eigenvalue weighted by Gasteiger charge is -2.17. The zero-order chi connectivity index (χ0) is 12.6. The molecule has 2 nitrogen and oxygen atoms in total. The van der Waals surface area contributed by atoms with Crippen LogP contribution >= 0.6 is 0 Å². The number of nitrogens with one attached hydrogen (secondary N) is 1. The van der Waals surface area contributed by atoms with Crippen LogP contribution in [0.2, 0.25) is 0 Å². The van der Waals surface area contributed by atoms with E-state index in [0.29, 0.717) is 0 Å². The van der Waals surface area contributed by atoms with E-state index in [4.69, 9.17) is 0 Å². The lowest BCUT2D eigenvalue weighted by molar-refractivity contribution is -0.538. The van der Waals surface area contributed by atoms with Crippen LogP contribution in [0.25, 0.3) is 0 Å². The van der Waals surface area contributed by atoms with Gasteiger partial charge < -0.3 is 17.0 Å². The van der Waals surface area contributed by atoms with E-state index < -0.39 is 0 Å². The monoisotopic (exact) mass is 324 g/mol. The fourth-order valence-electron chi connectivity index (χ4n) is 2.49. The molecule has 0 bridgehead atoms. The SMILES string of the molecule is CCCCNC(c1ccccc1)=[N+]1CCCCC1.[Br-]. The Bertz CT molecular complexity index is 379. The molecular weight excluding hydrogens is 300 g/mol. The quantitative estimate of drug-likeness (QED) is 0.469. The van der Waals surface area contributed by atoms with Gasteiger partial charge in [0.05, 0.1) is 25.2 Å². The summed E-state index contributed by atoms with van der Waals surface area (Å²) in [5.41, 5.74) is 1.33. The smallest absolute Gasteiger partial charge is 0.277 e. The second-order valence-electron chi connectivity index (χ2n) is 5.04. The van der Waals surface area contributed by atoms with Crippen LogP contribution in [0, 0.1) is 0 Å². The van der Waals surface area contributed by atoms with Crippen LogP contribution in [0.4, 0.5) is 0 Å². The predicted octanol–water partition coefficient (Wildman–Crippen LogP) is 0.0233. The summed E-state index contributed by atoms with van der Waals surface area (Å²) in [5.74, 6) is 1.34. The molecule has 1 aromatic rings. The minimum Gasteiger partial charge on any atom is -1.00 e. The molecule has 1 fully saturated rings. The van der Waals surface area contributed by atoms with E-state index in [1.165, 1.54) is 56.6 Å². The summed E-state index contributed by atoms with van der Waals surface area (Å²) in [6.45, 7) is 5.72. The third kappa shape index (κ3) is 4.98. The van der Waals surface area contributed by atoms with E-state index in [1.54, 1.807) is 0 Å². The third-order valence-electron chi connectivity index (χ3n) is 3.54. The maximum absolute atomic E-state index is 3.65. The third-order valence-corrected chi connectivity index (χ3v) is 3.54. The van der Waals surface area contributed by atoms with Crippen molar-refractivity contribution in [2.24, 2.45) is 0 Å². The molecule has 0 aromatic heterocycles. The van der Waals surface area contributed by atoms with Gasteiger partial charge in [-0.05, 0) is 37.8 Å². The molecular formula is C16H25BrN2. The Kier molecular flexibility index (Phi) is 7.80. The molecule has 1 aliphatic heterocycles. The van der Waals surface area contributed by atoms with E-state index in [0.717, 1.165) is 6.54 Å². The normalized spacial score (nSPS) is 14.7. The van der Waals surface area contributed by atoms with Gasteiger partial charge in [0.2, 0.25) is 0 Å². The minimum absolute atomic E-state index is 0. The number of nitrogens with zero attached hydrogens (tertiary/aromatic N) is 1. The van der Waals surface area contributed by atoms with E-state index in [-0.39, 0.29) is 17.0 Å². The number of benzene rings is 1. The highest BCUT2D eigenvalue weighted by molar-refractivity contribution is 5.94. The Hall–Kier alpha value is -0.830. The fourth-order valence-corrected chi connectivity index (χ4v) is 2.49. The van der Waals surface area contributed by atoms with Gasteiger partial charge in [-0.15, -0.1) is 0 Å². The molecule has 0 aliphatic carbocycles. The Morgan fingerprint density at radius 2 is 1.79 bits per heavy atom. The van der Waals surface area contributed by atoms with Crippen molar-refractivity contribution in [3.63, 3.8) is 0 Å². The van der Waals surface area contributed by atoms with Crippen LogP contribution in [-0.4, -0.2) is 30.0 Å². The lowest BCUT2D eigenvalue weighted by Crippen LogP contribution is -3.00. The van der Waals surface area contributed by atoms with E-state index >= 15 is 0 Å². The minimum atomic E-state index is 0. The molecule has 1 aromatic carbocycles. The summed E-state index contributed by atoms with van der Waals surface area (Å²) in [5, 5.41) is 3.65. The van der Waals surface area contributed by atoms with Gasteiger partial charge in [0.1, 0.15) is 0 Å². The Morgan fingerprint density at radius 1 is 1.11 bits per heavy atom. The highest BCUT2D eigenvalue weighted by Gasteiger charge is 2.17. The summed E-state index contributed by atoms with van der Waals surface area (Å²) in [6.07, 6.45) is 6.52. The summed E-state index contributed by atoms with van der Waals surface area (Å²) in [7, 11) is 0. The number of hydrogen-bond donors (Lipinski definition) is 1. The number of unbranched alkanes of at least 4 members (excludes halogenated alkanes) is 1. The summed E-state index contributed by atoms with van der Waals surface area (Å²) >= 11 is 0. The highest BCUT2D eigenvalue weighted by atomic mass is 79.9. The van der Waals surface area contributed by atoms with Crippen LogP contribution in [0.1, 0.15) is 44.6 Å². The molecule has 0 saturated carbocycles. The second kappa shape index (κ2) is 9.13. The molecule has 19 heavy (non-hydrogen) atoms. The number of hydrogen-bond acceptors (Lipinski definition) is 0. The zero-order valence-corrected chi connectivity index (χ0v) is 13.5. The van der Waals surface area contributed by atoms with Gasteiger partial charge in [-0.3, -0.25) is 9.89 Å². The average Bonchev–Trinajstić information content (AvgIpc) is 2.46. The van der Waals surface area contributed by atoms with Crippen molar-refractivity contribution in [3.8, 4) is 0 Å². The van der Waals surface area contributed by atoms with Crippen molar-refractivity contribution >= 4 is 5.84 Å². The molecule has 1 aliphatic rings. The van der Waals surface area contributed by atoms with Gasteiger partial charge in [-0.2, -0.15) is 0 Å². The Labute approximate surface area is 127 Å². The molecule has 0 spiro atoms. The van der Waals surface area contributed by atoms with Crippen molar-refractivity contribution in [1.82, 2.24) is 5.32 Å². The standard InChI is InChI=1S/C16H24N2.BrH/c1-2-3-12-17-16(15-10-6-4-7-11-15)18-13-8-5-9-14-18;/h4,6-7,10-11H,2-3,5,8-9,12-14H2,1H3;1H. The molecule has 1 N–H and O–H groups in total. The van der Waals surface area contributed by atoms with Gasteiger partial charge in [0, 0.05) is 0 Å². The molecule has 0 amide bonds. The van der Waals surface area contributed by atoms with Gasteiger partial charge in [0.25, 0.3) is 5.84 Å². The van der Waals surface area contributed by atoms with E-state index in [1.807, 2.05) is 0 Å². The number of piperidine rings is 1. The first-order valence-corrected chi connectivity index (χ1v) is 7.33. The van der Waals surface area contributed by atoms with Crippen LogP contribution < -0.4 is 22.3 Å². The average molecular weight is 325 g/mol. The molecule has 0 atom stereocenters. The van der Waals surface area contributed by atoms with Crippen molar-refractivity contribution in [3.05, 3.63) is 35.9 Å². The molecule has 0 radical (unpaired) electrons. The largest absolute Gasteiger partial charge is 1.00 e. The van der Waals surface area contributed by atoms with Gasteiger partial charge >= 0.3 is 0 Å². The molecule has 3 heteroatoms. The number of amidine groups is 1. The van der Waals surface area contributed by atoms with Gasteiger partial charge in [0.15, 0.2) is 0 Å². The molecule has 0 unspecified atom stereocenters. The summed E-state index contributed by atoms with van der Waals surface area (Å²) < 4.78 is 2.52. The first kappa shape index (κ1) is 16.2. The topological polar surface area (TPSA) is 15.0 Å². The van der Waals surface area contributed by atoms with Gasteiger partial charge in [-0.1, -0.05) is 31.5 Å². The van der Waals surface area contributed by atoms with Crippen molar-refractivity contribution in [1.29, 1.82) is 0 Å². The number of halogens is 1. The first-order chi connectivity index (χ1) is 8.92. The Morgan fingerprint density at radius 3 is 2.42 bits per heavy atom. The fraction of sp³-hybridized carbons (Fsp3) is 0.562. The van der Waals surface area contributed by atoms with E-state index in [2.05, 4.69) is 47.1 Å². The molecule has 1 heterocycles. The molecule has 106 valence electrons.